The summed E-state index contributed by atoms with van der Waals surface area (Å²) in [5, 5.41) is 3.78. The maximum Gasteiger partial charge on any atom is 0.320 e. The van der Waals surface area contributed by atoms with Gasteiger partial charge in [-0.1, -0.05) is 60.1 Å². The zero-order valence-corrected chi connectivity index (χ0v) is 24.3. The third-order valence-corrected chi connectivity index (χ3v) is 9.41. The van der Waals surface area contributed by atoms with Gasteiger partial charge in [-0.25, -0.2) is 4.98 Å². The Hall–Kier alpha value is -3.46. The van der Waals surface area contributed by atoms with Gasteiger partial charge in [0.25, 0.3) is 0 Å². The summed E-state index contributed by atoms with van der Waals surface area (Å²) < 4.78 is 6.22. The molecule has 41 heavy (non-hydrogen) atoms. The standard InChI is InChI=1S/C31H30Cl2N6O2/c1-3-26(40)38-14-12-24-25(38)16-39(24)30-21-15-23(33)28(20-10-4-7-18-8-5-11-22(32)27(18)20)34-29(21)35-31(36-30)41-17-19-9-6-13-37(19)2/h3-5,7-8,10-11,15,19,24-25H,1,6,9,12-14,16-17H2,2H3/t19-,24+,25+/m0/s1. The highest BCUT2D eigenvalue weighted by molar-refractivity contribution is 6.38. The number of aromatic nitrogens is 3. The van der Waals surface area contributed by atoms with E-state index in [0.717, 1.165) is 53.3 Å². The Morgan fingerprint density at radius 1 is 1.07 bits per heavy atom. The third kappa shape index (κ3) is 4.49. The molecule has 3 saturated heterocycles. The van der Waals surface area contributed by atoms with Crippen LogP contribution in [0, 0.1) is 0 Å². The molecule has 2 aromatic carbocycles. The molecule has 3 atom stereocenters. The summed E-state index contributed by atoms with van der Waals surface area (Å²) in [6, 6.07) is 14.6. The van der Waals surface area contributed by atoms with Gasteiger partial charge in [0.05, 0.1) is 28.2 Å². The van der Waals surface area contributed by atoms with E-state index in [2.05, 4.69) is 23.4 Å². The molecule has 0 unspecified atom stereocenters. The number of benzene rings is 2. The number of rotatable bonds is 6. The normalized spacial score (nSPS) is 22.3. The fourth-order valence-corrected chi connectivity index (χ4v) is 7.11. The zero-order valence-electron chi connectivity index (χ0n) is 22.8. The van der Waals surface area contributed by atoms with Crippen LogP contribution in [0.15, 0.2) is 55.1 Å². The lowest BCUT2D eigenvalue weighted by molar-refractivity contribution is -0.127. The Bertz CT molecular complexity index is 1690. The number of likely N-dealkylation sites (tertiary alicyclic amines) is 2. The van der Waals surface area contributed by atoms with Crippen LogP contribution >= 0.6 is 23.2 Å². The number of hydrogen-bond acceptors (Lipinski definition) is 7. The van der Waals surface area contributed by atoms with Crippen molar-refractivity contribution in [3.05, 3.63) is 65.2 Å². The molecule has 4 aromatic rings. The van der Waals surface area contributed by atoms with Crippen LogP contribution in [-0.2, 0) is 4.79 Å². The molecule has 0 bridgehead atoms. The smallest absolute Gasteiger partial charge is 0.320 e. The molecule has 8 nitrogen and oxygen atoms in total. The first-order chi connectivity index (χ1) is 19.9. The summed E-state index contributed by atoms with van der Waals surface area (Å²) in [7, 11) is 2.12. The van der Waals surface area contributed by atoms with Gasteiger partial charge in [0.2, 0.25) is 5.91 Å². The number of halogens is 2. The fourth-order valence-electron chi connectivity index (χ4n) is 6.58. The molecule has 0 spiro atoms. The van der Waals surface area contributed by atoms with Crippen molar-refractivity contribution in [2.45, 2.75) is 37.4 Å². The third-order valence-electron chi connectivity index (χ3n) is 8.81. The van der Waals surface area contributed by atoms with Crippen molar-refractivity contribution in [1.82, 2.24) is 24.8 Å². The molecule has 3 aliphatic heterocycles. The molecule has 2 aromatic heterocycles. The summed E-state index contributed by atoms with van der Waals surface area (Å²) in [5.41, 5.74) is 1.96. The zero-order chi connectivity index (χ0) is 28.2. The second kappa shape index (κ2) is 10.4. The highest BCUT2D eigenvalue weighted by atomic mass is 35.5. The van der Waals surface area contributed by atoms with Crippen LogP contribution in [0.25, 0.3) is 33.1 Å². The highest BCUT2D eigenvalue weighted by Crippen LogP contribution is 2.42. The Labute approximate surface area is 248 Å². The average molecular weight is 590 g/mol. The lowest BCUT2D eigenvalue weighted by Crippen LogP contribution is -2.63. The van der Waals surface area contributed by atoms with Crippen molar-refractivity contribution >= 4 is 56.7 Å². The van der Waals surface area contributed by atoms with Gasteiger partial charge in [-0.2, -0.15) is 9.97 Å². The van der Waals surface area contributed by atoms with Crippen molar-refractivity contribution in [2.75, 3.05) is 38.2 Å². The average Bonchev–Trinajstić information content (AvgIpc) is 3.53. The Balaban J connectivity index is 1.32. The number of carbonyl (C=O) groups is 1. The minimum absolute atomic E-state index is 0.0301. The van der Waals surface area contributed by atoms with E-state index in [-0.39, 0.29) is 18.0 Å². The number of amides is 1. The van der Waals surface area contributed by atoms with E-state index in [4.69, 9.17) is 42.9 Å². The first-order valence-corrected chi connectivity index (χ1v) is 14.8. The van der Waals surface area contributed by atoms with Crippen LogP contribution in [0.1, 0.15) is 19.3 Å². The van der Waals surface area contributed by atoms with E-state index < -0.39 is 0 Å². The summed E-state index contributed by atoms with van der Waals surface area (Å²) >= 11 is 13.6. The number of nitrogens with zero attached hydrogens (tertiary/aromatic N) is 6. The van der Waals surface area contributed by atoms with Crippen molar-refractivity contribution in [3.63, 3.8) is 0 Å². The Kier molecular flexibility index (Phi) is 6.72. The summed E-state index contributed by atoms with van der Waals surface area (Å²) in [4.78, 5) is 33.5. The van der Waals surface area contributed by atoms with E-state index in [1.807, 2.05) is 47.4 Å². The quantitative estimate of drug-likeness (QED) is 0.271. The van der Waals surface area contributed by atoms with E-state index in [1.165, 1.54) is 6.08 Å². The van der Waals surface area contributed by atoms with Gasteiger partial charge in [0.1, 0.15) is 12.4 Å². The molecule has 0 saturated carbocycles. The van der Waals surface area contributed by atoms with Gasteiger partial charge in [-0.3, -0.25) is 4.79 Å². The first-order valence-electron chi connectivity index (χ1n) is 14.0. The lowest BCUT2D eigenvalue weighted by atomic mass is 9.96. The van der Waals surface area contributed by atoms with Gasteiger partial charge in [0.15, 0.2) is 5.65 Å². The molecule has 3 aliphatic rings. The van der Waals surface area contributed by atoms with Crippen molar-refractivity contribution < 1.29 is 9.53 Å². The van der Waals surface area contributed by atoms with E-state index in [1.54, 1.807) is 0 Å². The maximum absolute atomic E-state index is 12.4. The van der Waals surface area contributed by atoms with Crippen LogP contribution in [-0.4, -0.2) is 82.1 Å². The number of ether oxygens (including phenoxy) is 1. The molecule has 3 fully saturated rings. The predicted molar refractivity (Wildman–Crippen MR) is 163 cm³/mol. The molecule has 1 amide bonds. The summed E-state index contributed by atoms with van der Waals surface area (Å²) in [6.45, 7) is 6.60. The van der Waals surface area contributed by atoms with Crippen LogP contribution in [0.3, 0.4) is 0 Å². The Morgan fingerprint density at radius 2 is 1.90 bits per heavy atom. The number of fused-ring (bicyclic) bond motifs is 3. The molecule has 0 N–H and O–H groups in total. The molecular weight excluding hydrogens is 559 g/mol. The fraction of sp³-hybridized carbons (Fsp3) is 0.355. The molecule has 0 aliphatic carbocycles. The highest BCUT2D eigenvalue weighted by Gasteiger charge is 2.49. The lowest BCUT2D eigenvalue weighted by Gasteiger charge is -2.47. The largest absolute Gasteiger partial charge is 0.462 e. The first kappa shape index (κ1) is 26.4. The molecule has 0 radical (unpaired) electrons. The number of anilines is 1. The number of carbonyl (C=O) groups excluding carboxylic acids is 1. The van der Waals surface area contributed by atoms with E-state index >= 15 is 0 Å². The van der Waals surface area contributed by atoms with Crippen molar-refractivity contribution in [1.29, 1.82) is 0 Å². The molecule has 10 heteroatoms. The van der Waals surface area contributed by atoms with E-state index in [0.29, 0.717) is 53.1 Å². The van der Waals surface area contributed by atoms with Gasteiger partial charge in [-0.05, 0) is 56.4 Å². The van der Waals surface area contributed by atoms with E-state index in [9.17, 15) is 4.79 Å². The minimum atomic E-state index is -0.0301. The Morgan fingerprint density at radius 3 is 2.68 bits per heavy atom. The monoisotopic (exact) mass is 588 g/mol. The SMILES string of the molecule is C=CC(=O)N1CC[C@@H]2[C@H]1CN2c1nc(OC[C@@H]2CCCN2C)nc2nc(-c3cccc4cccc(Cl)c34)c(Cl)cc12. The minimum Gasteiger partial charge on any atom is -0.462 e. The van der Waals surface area contributed by atoms with Crippen molar-refractivity contribution in [2.24, 2.45) is 0 Å². The second-order valence-corrected chi connectivity index (χ2v) is 11.9. The predicted octanol–water partition coefficient (Wildman–Crippen LogP) is 5.60. The molecule has 7 rings (SSSR count). The van der Waals surface area contributed by atoms with Crippen LogP contribution in [0.4, 0.5) is 5.82 Å². The number of hydrogen-bond donors (Lipinski definition) is 0. The van der Waals surface area contributed by atoms with Gasteiger partial charge in [0, 0.05) is 35.1 Å². The molecular formula is C31H30Cl2N6O2. The summed E-state index contributed by atoms with van der Waals surface area (Å²) in [6.07, 6.45) is 4.48. The molecule has 210 valence electrons. The summed E-state index contributed by atoms with van der Waals surface area (Å²) in [5.74, 6) is 0.702. The van der Waals surface area contributed by atoms with Gasteiger partial charge in [-0.15, -0.1) is 0 Å². The van der Waals surface area contributed by atoms with Crippen LogP contribution < -0.4 is 9.64 Å². The van der Waals surface area contributed by atoms with Crippen LogP contribution in [0.5, 0.6) is 6.01 Å². The second-order valence-electron chi connectivity index (χ2n) is 11.1. The maximum atomic E-state index is 12.4. The van der Waals surface area contributed by atoms with Gasteiger partial charge >= 0.3 is 6.01 Å². The van der Waals surface area contributed by atoms with Crippen molar-refractivity contribution in [3.8, 4) is 17.3 Å². The van der Waals surface area contributed by atoms with Gasteiger partial charge < -0.3 is 19.4 Å². The number of pyridine rings is 1. The molecule has 5 heterocycles. The number of likely N-dealkylation sites (N-methyl/N-ethyl adjacent to an activating group) is 1. The van der Waals surface area contributed by atoms with Crippen LogP contribution in [0.2, 0.25) is 10.0 Å². The topological polar surface area (TPSA) is 74.7 Å².